The lowest BCUT2D eigenvalue weighted by molar-refractivity contribution is 0.0730. The third-order valence-electron chi connectivity index (χ3n) is 5.72. The standard InChI is InChI=1S/C28H25ClN2O3S/c1-20-10-12-21(13-11-20)18-31(28(32)25-7-2-4-8-26(25)29)19-22-14-16-23(17-15-22)24-6-3-5-9-27(24)35(30,33)34/h2-17H,18-19H2,1H3,(H2,30,33,34). The van der Waals surface area contributed by atoms with Gasteiger partial charge in [0.05, 0.1) is 15.5 Å². The third-order valence-corrected chi connectivity index (χ3v) is 7.02. The van der Waals surface area contributed by atoms with Crippen LogP contribution in [0.3, 0.4) is 0 Å². The number of nitrogens with two attached hydrogens (primary N) is 1. The summed E-state index contributed by atoms with van der Waals surface area (Å²) in [6.45, 7) is 2.79. The maximum absolute atomic E-state index is 13.4. The third kappa shape index (κ3) is 5.98. The summed E-state index contributed by atoms with van der Waals surface area (Å²) in [5, 5.41) is 5.80. The molecule has 0 unspecified atom stereocenters. The number of rotatable bonds is 7. The monoisotopic (exact) mass is 504 g/mol. The first-order valence-corrected chi connectivity index (χ1v) is 13.0. The molecule has 35 heavy (non-hydrogen) atoms. The molecule has 4 aromatic carbocycles. The quantitative estimate of drug-likeness (QED) is 0.345. The van der Waals surface area contributed by atoms with E-state index in [0.717, 1.165) is 22.3 Å². The molecule has 178 valence electrons. The fraction of sp³-hybridized carbons (Fsp3) is 0.107. The van der Waals surface area contributed by atoms with Crippen LogP contribution in [-0.4, -0.2) is 19.2 Å². The number of carbonyl (C=O) groups is 1. The van der Waals surface area contributed by atoms with Gasteiger partial charge < -0.3 is 4.90 Å². The highest BCUT2D eigenvalue weighted by Crippen LogP contribution is 2.27. The van der Waals surface area contributed by atoms with Crippen molar-refractivity contribution in [3.8, 4) is 11.1 Å². The zero-order valence-electron chi connectivity index (χ0n) is 19.2. The molecule has 0 fully saturated rings. The first-order chi connectivity index (χ1) is 16.7. The van der Waals surface area contributed by atoms with Gasteiger partial charge in [0.2, 0.25) is 10.0 Å². The van der Waals surface area contributed by atoms with Gasteiger partial charge in [0.25, 0.3) is 5.91 Å². The molecule has 0 saturated heterocycles. The largest absolute Gasteiger partial charge is 0.330 e. The molecular formula is C28H25ClN2O3S. The van der Waals surface area contributed by atoms with Crippen molar-refractivity contribution in [2.75, 3.05) is 0 Å². The number of carbonyl (C=O) groups excluding carboxylic acids is 1. The van der Waals surface area contributed by atoms with E-state index in [2.05, 4.69) is 0 Å². The lowest BCUT2D eigenvalue weighted by atomic mass is 10.0. The molecule has 7 heteroatoms. The minimum Gasteiger partial charge on any atom is -0.330 e. The van der Waals surface area contributed by atoms with E-state index in [1.807, 2.05) is 55.5 Å². The fourth-order valence-electron chi connectivity index (χ4n) is 3.88. The van der Waals surface area contributed by atoms with Gasteiger partial charge >= 0.3 is 0 Å². The number of primary sulfonamides is 1. The Balaban J connectivity index is 1.64. The topological polar surface area (TPSA) is 80.5 Å². The van der Waals surface area contributed by atoms with Gasteiger partial charge in [-0.1, -0.05) is 96.0 Å². The van der Waals surface area contributed by atoms with Crippen molar-refractivity contribution in [1.29, 1.82) is 0 Å². The number of nitrogens with zero attached hydrogens (tertiary/aromatic N) is 1. The van der Waals surface area contributed by atoms with Crippen molar-refractivity contribution in [1.82, 2.24) is 4.90 Å². The average molecular weight is 505 g/mol. The van der Waals surface area contributed by atoms with Crippen LogP contribution in [0.5, 0.6) is 0 Å². The number of aryl methyl sites for hydroxylation is 1. The van der Waals surface area contributed by atoms with E-state index in [9.17, 15) is 13.2 Å². The van der Waals surface area contributed by atoms with Crippen molar-refractivity contribution in [2.45, 2.75) is 24.9 Å². The first-order valence-electron chi connectivity index (χ1n) is 11.0. The molecule has 0 bridgehead atoms. The number of hydrogen-bond acceptors (Lipinski definition) is 3. The normalized spacial score (nSPS) is 11.3. The van der Waals surface area contributed by atoms with Gasteiger partial charge in [0.1, 0.15) is 0 Å². The highest BCUT2D eigenvalue weighted by atomic mass is 35.5. The highest BCUT2D eigenvalue weighted by Gasteiger charge is 2.20. The van der Waals surface area contributed by atoms with E-state index >= 15 is 0 Å². The van der Waals surface area contributed by atoms with Crippen molar-refractivity contribution >= 4 is 27.5 Å². The Morgan fingerprint density at radius 2 is 1.34 bits per heavy atom. The van der Waals surface area contributed by atoms with Crippen LogP contribution >= 0.6 is 11.6 Å². The van der Waals surface area contributed by atoms with Crippen molar-refractivity contribution in [3.63, 3.8) is 0 Å². The Hall–Kier alpha value is -3.45. The fourth-order valence-corrected chi connectivity index (χ4v) is 4.86. The molecule has 0 heterocycles. The Labute approximate surface area is 210 Å². The average Bonchev–Trinajstić information content (AvgIpc) is 2.85. The van der Waals surface area contributed by atoms with Crippen LogP contribution in [0.2, 0.25) is 5.02 Å². The SMILES string of the molecule is Cc1ccc(CN(Cc2ccc(-c3ccccc3S(N)(=O)=O)cc2)C(=O)c2ccccc2Cl)cc1. The van der Waals surface area contributed by atoms with Gasteiger partial charge in [-0.05, 0) is 41.8 Å². The van der Waals surface area contributed by atoms with Crippen molar-refractivity contribution in [2.24, 2.45) is 5.14 Å². The zero-order valence-corrected chi connectivity index (χ0v) is 20.8. The summed E-state index contributed by atoms with van der Waals surface area (Å²) in [7, 11) is -3.86. The first kappa shape index (κ1) is 24.7. The molecule has 0 aliphatic carbocycles. The predicted molar refractivity (Wildman–Crippen MR) is 139 cm³/mol. The number of sulfonamides is 1. The second-order valence-corrected chi connectivity index (χ2v) is 10.3. The smallest absolute Gasteiger partial charge is 0.255 e. The summed E-state index contributed by atoms with van der Waals surface area (Å²) in [6, 6.07) is 29.1. The molecule has 0 atom stereocenters. The minimum atomic E-state index is -3.86. The Kier molecular flexibility index (Phi) is 7.36. The molecule has 0 spiro atoms. The summed E-state index contributed by atoms with van der Waals surface area (Å²) in [6.07, 6.45) is 0. The van der Waals surface area contributed by atoms with Crippen LogP contribution in [0.4, 0.5) is 0 Å². The molecule has 0 saturated carbocycles. The molecule has 1 amide bonds. The van der Waals surface area contributed by atoms with E-state index in [0.29, 0.717) is 29.2 Å². The summed E-state index contributed by atoms with van der Waals surface area (Å²) in [5.74, 6) is -0.167. The Morgan fingerprint density at radius 1 is 0.800 bits per heavy atom. The van der Waals surface area contributed by atoms with E-state index in [1.54, 1.807) is 47.4 Å². The molecule has 0 aliphatic heterocycles. The second kappa shape index (κ2) is 10.4. The molecule has 0 aliphatic rings. The highest BCUT2D eigenvalue weighted by molar-refractivity contribution is 7.89. The van der Waals surface area contributed by atoms with Gasteiger partial charge in [-0.2, -0.15) is 0 Å². The number of amides is 1. The maximum Gasteiger partial charge on any atom is 0.255 e. The zero-order chi connectivity index (χ0) is 25.0. The predicted octanol–water partition coefficient (Wildman–Crippen LogP) is 5.81. The minimum absolute atomic E-state index is 0.0719. The molecule has 0 aromatic heterocycles. The van der Waals surface area contributed by atoms with Crippen molar-refractivity contribution < 1.29 is 13.2 Å². The van der Waals surface area contributed by atoms with Gasteiger partial charge in [-0.25, -0.2) is 13.6 Å². The van der Waals surface area contributed by atoms with Crippen LogP contribution in [0.1, 0.15) is 27.0 Å². The molecule has 2 N–H and O–H groups in total. The van der Waals surface area contributed by atoms with Gasteiger partial charge in [0.15, 0.2) is 0 Å². The molecule has 5 nitrogen and oxygen atoms in total. The number of hydrogen-bond donors (Lipinski definition) is 1. The van der Waals surface area contributed by atoms with E-state index in [1.165, 1.54) is 6.07 Å². The summed E-state index contributed by atoms with van der Waals surface area (Å²) < 4.78 is 24.0. The van der Waals surface area contributed by atoms with E-state index in [4.69, 9.17) is 16.7 Å². The van der Waals surface area contributed by atoms with E-state index < -0.39 is 10.0 Å². The summed E-state index contributed by atoms with van der Waals surface area (Å²) in [4.78, 5) is 15.3. The van der Waals surface area contributed by atoms with Gasteiger partial charge in [0, 0.05) is 18.7 Å². The summed E-state index contributed by atoms with van der Waals surface area (Å²) >= 11 is 6.32. The second-order valence-electron chi connectivity index (χ2n) is 8.36. The van der Waals surface area contributed by atoms with Crippen LogP contribution in [0.25, 0.3) is 11.1 Å². The maximum atomic E-state index is 13.4. The number of benzene rings is 4. The Morgan fingerprint density at radius 3 is 1.94 bits per heavy atom. The number of halogens is 1. The van der Waals surface area contributed by atoms with Crippen LogP contribution in [-0.2, 0) is 23.1 Å². The molecule has 4 aromatic rings. The van der Waals surface area contributed by atoms with Crippen molar-refractivity contribution in [3.05, 3.63) is 124 Å². The van der Waals surface area contributed by atoms with Crippen LogP contribution < -0.4 is 5.14 Å². The van der Waals surface area contributed by atoms with E-state index in [-0.39, 0.29) is 10.8 Å². The molecule has 4 rings (SSSR count). The van der Waals surface area contributed by atoms with Gasteiger partial charge in [-0.15, -0.1) is 0 Å². The Bertz CT molecular complexity index is 1450. The summed E-state index contributed by atoms with van der Waals surface area (Å²) in [5.41, 5.74) is 4.75. The lowest BCUT2D eigenvalue weighted by Gasteiger charge is -2.24. The van der Waals surface area contributed by atoms with Crippen LogP contribution in [0, 0.1) is 6.92 Å². The lowest BCUT2D eigenvalue weighted by Crippen LogP contribution is -2.30. The molecular weight excluding hydrogens is 480 g/mol. The molecule has 0 radical (unpaired) electrons. The van der Waals surface area contributed by atoms with Gasteiger partial charge in [-0.3, -0.25) is 4.79 Å². The van der Waals surface area contributed by atoms with Crippen LogP contribution in [0.15, 0.2) is 102 Å².